The summed E-state index contributed by atoms with van der Waals surface area (Å²) in [5.74, 6) is 0.584. The van der Waals surface area contributed by atoms with Gasteiger partial charge < -0.3 is 19.3 Å². The number of piperazine rings is 1. The van der Waals surface area contributed by atoms with Crippen LogP contribution >= 0.6 is 0 Å². The van der Waals surface area contributed by atoms with Crippen molar-refractivity contribution in [1.82, 2.24) is 9.80 Å². The van der Waals surface area contributed by atoms with E-state index in [4.69, 9.17) is 9.47 Å². The van der Waals surface area contributed by atoms with Gasteiger partial charge in [0, 0.05) is 32.6 Å². The number of rotatable bonds is 8. The Bertz CT molecular complexity index is 694. The Morgan fingerprint density at radius 2 is 1.52 bits per heavy atom. The highest BCUT2D eigenvalue weighted by atomic mass is 16.5. The van der Waals surface area contributed by atoms with Crippen LogP contribution in [0, 0.1) is 0 Å². The molecular formula is C22H32N2O5. The average molecular weight is 405 g/mol. The smallest absolute Gasteiger partial charge is 0.306 e. The van der Waals surface area contributed by atoms with Crippen LogP contribution in [0.5, 0.6) is 5.75 Å². The Labute approximate surface area is 172 Å². The minimum Gasteiger partial charge on any atom is -0.481 e. The van der Waals surface area contributed by atoms with Gasteiger partial charge >= 0.3 is 5.97 Å². The van der Waals surface area contributed by atoms with Crippen molar-refractivity contribution < 1.29 is 23.9 Å². The zero-order valence-corrected chi connectivity index (χ0v) is 17.8. The predicted octanol–water partition coefficient (Wildman–Crippen LogP) is 2.59. The van der Waals surface area contributed by atoms with Gasteiger partial charge in [-0.15, -0.1) is 0 Å². The maximum Gasteiger partial charge on any atom is 0.306 e. The molecule has 160 valence electrons. The first kappa shape index (κ1) is 22.7. The Hall–Kier alpha value is -2.57. The molecule has 7 nitrogen and oxygen atoms in total. The van der Waals surface area contributed by atoms with Crippen molar-refractivity contribution in [3.63, 3.8) is 0 Å². The summed E-state index contributed by atoms with van der Waals surface area (Å²) in [7, 11) is 0. The molecule has 1 atom stereocenters. The summed E-state index contributed by atoms with van der Waals surface area (Å²) >= 11 is 0. The van der Waals surface area contributed by atoms with Crippen molar-refractivity contribution in [2.75, 3.05) is 32.8 Å². The number of hydrogen-bond donors (Lipinski definition) is 0. The lowest BCUT2D eigenvalue weighted by atomic mass is 10.0. The van der Waals surface area contributed by atoms with Gasteiger partial charge in [0.2, 0.25) is 5.91 Å². The van der Waals surface area contributed by atoms with Crippen molar-refractivity contribution in [3.8, 4) is 5.75 Å². The highest BCUT2D eigenvalue weighted by molar-refractivity contribution is 5.83. The predicted molar refractivity (Wildman–Crippen MR) is 110 cm³/mol. The van der Waals surface area contributed by atoms with E-state index >= 15 is 0 Å². The monoisotopic (exact) mass is 404 g/mol. The Morgan fingerprint density at radius 3 is 2.07 bits per heavy atom. The molecule has 0 aliphatic carbocycles. The van der Waals surface area contributed by atoms with Gasteiger partial charge in [-0.1, -0.05) is 26.0 Å². The van der Waals surface area contributed by atoms with Crippen LogP contribution in [0.2, 0.25) is 0 Å². The summed E-state index contributed by atoms with van der Waals surface area (Å²) < 4.78 is 10.6. The third-order valence-electron chi connectivity index (χ3n) is 5.00. The molecule has 2 amide bonds. The van der Waals surface area contributed by atoms with Crippen molar-refractivity contribution in [2.24, 2.45) is 0 Å². The highest BCUT2D eigenvalue weighted by Crippen LogP contribution is 2.20. The molecule has 7 heteroatoms. The topological polar surface area (TPSA) is 76.2 Å². The number of carbonyl (C=O) groups excluding carboxylic acids is 3. The number of carbonyl (C=O) groups is 3. The van der Waals surface area contributed by atoms with Crippen LogP contribution in [0.15, 0.2) is 24.3 Å². The largest absolute Gasteiger partial charge is 0.481 e. The fourth-order valence-corrected chi connectivity index (χ4v) is 3.22. The summed E-state index contributed by atoms with van der Waals surface area (Å²) in [6.07, 6.45) is -0.365. The maximum absolute atomic E-state index is 12.7. The fraction of sp³-hybridized carbons (Fsp3) is 0.591. The van der Waals surface area contributed by atoms with E-state index in [1.54, 1.807) is 23.6 Å². The van der Waals surface area contributed by atoms with Gasteiger partial charge in [-0.05, 0) is 37.5 Å². The molecule has 1 fully saturated rings. The van der Waals surface area contributed by atoms with Gasteiger partial charge in [0.1, 0.15) is 5.75 Å². The Balaban J connectivity index is 1.78. The molecular weight excluding hydrogens is 372 g/mol. The summed E-state index contributed by atoms with van der Waals surface area (Å²) in [6, 6.07) is 7.80. The molecule has 0 aromatic heterocycles. The van der Waals surface area contributed by atoms with Crippen LogP contribution in [-0.2, 0) is 19.1 Å². The fourth-order valence-electron chi connectivity index (χ4n) is 3.22. The average Bonchev–Trinajstić information content (AvgIpc) is 2.72. The molecule has 1 heterocycles. The van der Waals surface area contributed by atoms with Gasteiger partial charge in [-0.3, -0.25) is 14.4 Å². The van der Waals surface area contributed by atoms with Crippen molar-refractivity contribution >= 4 is 17.8 Å². The number of amides is 2. The molecule has 0 bridgehead atoms. The van der Waals surface area contributed by atoms with Gasteiger partial charge in [0.15, 0.2) is 6.10 Å². The van der Waals surface area contributed by atoms with Crippen molar-refractivity contribution in [2.45, 2.75) is 52.6 Å². The molecule has 1 aliphatic rings. The first-order valence-corrected chi connectivity index (χ1v) is 10.3. The van der Waals surface area contributed by atoms with Crippen molar-refractivity contribution in [1.29, 1.82) is 0 Å². The second-order valence-electron chi connectivity index (χ2n) is 7.49. The first-order chi connectivity index (χ1) is 13.8. The zero-order valence-electron chi connectivity index (χ0n) is 17.8. The van der Waals surface area contributed by atoms with Gasteiger partial charge in [0.05, 0.1) is 13.0 Å². The number of hydrogen-bond acceptors (Lipinski definition) is 5. The highest BCUT2D eigenvalue weighted by Gasteiger charge is 2.28. The number of esters is 1. The summed E-state index contributed by atoms with van der Waals surface area (Å²) in [4.78, 5) is 39.7. The molecule has 1 saturated heterocycles. The molecule has 0 radical (unpaired) electrons. The zero-order chi connectivity index (χ0) is 21.4. The molecule has 1 aromatic carbocycles. The van der Waals surface area contributed by atoms with Crippen LogP contribution in [0.3, 0.4) is 0 Å². The Kier molecular flexibility index (Phi) is 8.49. The lowest BCUT2D eigenvalue weighted by Gasteiger charge is -2.36. The molecule has 2 rings (SSSR count). The van der Waals surface area contributed by atoms with Crippen LogP contribution in [0.4, 0.5) is 0 Å². The molecule has 0 saturated carbocycles. The summed E-state index contributed by atoms with van der Waals surface area (Å²) in [5.41, 5.74) is 1.22. The third-order valence-corrected chi connectivity index (χ3v) is 5.00. The van der Waals surface area contributed by atoms with E-state index in [-0.39, 0.29) is 30.6 Å². The third kappa shape index (κ3) is 6.76. The van der Waals surface area contributed by atoms with E-state index in [9.17, 15) is 14.4 Å². The van der Waals surface area contributed by atoms with Gasteiger partial charge in [-0.25, -0.2) is 0 Å². The summed E-state index contributed by atoms with van der Waals surface area (Å²) in [5, 5.41) is 0. The van der Waals surface area contributed by atoms with Gasteiger partial charge in [-0.2, -0.15) is 0 Å². The first-order valence-electron chi connectivity index (χ1n) is 10.3. The van der Waals surface area contributed by atoms with E-state index in [0.717, 1.165) is 0 Å². The van der Waals surface area contributed by atoms with Crippen LogP contribution in [0.25, 0.3) is 0 Å². The van der Waals surface area contributed by atoms with Crippen molar-refractivity contribution in [3.05, 3.63) is 29.8 Å². The minimum absolute atomic E-state index is 0.0836. The van der Waals surface area contributed by atoms with E-state index in [0.29, 0.717) is 44.5 Å². The normalized spacial score (nSPS) is 15.2. The number of nitrogens with zero attached hydrogens (tertiary/aromatic N) is 2. The van der Waals surface area contributed by atoms with E-state index in [2.05, 4.69) is 13.8 Å². The molecule has 1 unspecified atom stereocenters. The quantitative estimate of drug-likeness (QED) is 0.623. The molecule has 0 N–H and O–H groups in total. The lowest BCUT2D eigenvalue weighted by molar-refractivity contribution is -0.147. The maximum atomic E-state index is 12.7. The molecule has 29 heavy (non-hydrogen) atoms. The second kappa shape index (κ2) is 10.8. The van der Waals surface area contributed by atoms with Crippen LogP contribution in [-0.4, -0.2) is 66.5 Å². The summed E-state index contributed by atoms with van der Waals surface area (Å²) in [6.45, 7) is 9.90. The number of benzene rings is 1. The number of ether oxygens (including phenoxy) is 2. The SMILES string of the molecule is CCOC(=O)CCC(=O)N1CCN(C(=O)C(C)Oc2ccc(C(C)C)cc2)CC1. The second-order valence-corrected chi connectivity index (χ2v) is 7.49. The van der Waals surface area contributed by atoms with E-state index in [1.165, 1.54) is 5.56 Å². The molecule has 1 aromatic rings. The van der Waals surface area contributed by atoms with E-state index < -0.39 is 6.10 Å². The molecule has 1 aliphatic heterocycles. The standard InChI is InChI=1S/C22H32N2O5/c1-5-28-21(26)11-10-20(25)23-12-14-24(15-13-23)22(27)17(4)29-19-8-6-18(7-9-19)16(2)3/h6-9,16-17H,5,10-15H2,1-4H3. The lowest BCUT2D eigenvalue weighted by Crippen LogP contribution is -2.53. The van der Waals surface area contributed by atoms with E-state index in [1.807, 2.05) is 24.3 Å². The van der Waals surface area contributed by atoms with Crippen LogP contribution < -0.4 is 4.74 Å². The molecule has 0 spiro atoms. The van der Waals surface area contributed by atoms with Crippen LogP contribution in [0.1, 0.15) is 52.0 Å². The van der Waals surface area contributed by atoms with Gasteiger partial charge in [0.25, 0.3) is 5.91 Å². The minimum atomic E-state index is -0.592. The Morgan fingerprint density at radius 1 is 0.931 bits per heavy atom.